The van der Waals surface area contributed by atoms with E-state index in [-0.39, 0.29) is 19.1 Å². The third kappa shape index (κ3) is 4.75. The number of carbonyl (C=O) groups is 2. The number of ether oxygens (including phenoxy) is 1. The van der Waals surface area contributed by atoms with Gasteiger partial charge < -0.3 is 15.2 Å². The SMILES string of the molecule is C=CCOCC(NC(=O)c1cnc(C(C)C)s1)C(=O)O. The normalized spacial score (nSPS) is 12.2. The van der Waals surface area contributed by atoms with Gasteiger partial charge in [0.2, 0.25) is 0 Å². The molecule has 1 aromatic rings. The summed E-state index contributed by atoms with van der Waals surface area (Å²) in [6.07, 6.45) is 2.97. The second-order valence-electron chi connectivity index (χ2n) is 4.41. The van der Waals surface area contributed by atoms with Crippen LogP contribution < -0.4 is 5.32 Å². The van der Waals surface area contributed by atoms with E-state index in [9.17, 15) is 9.59 Å². The molecule has 0 aliphatic carbocycles. The molecule has 0 aromatic carbocycles. The van der Waals surface area contributed by atoms with Gasteiger partial charge in [-0.25, -0.2) is 9.78 Å². The summed E-state index contributed by atoms with van der Waals surface area (Å²) in [5.41, 5.74) is 0. The van der Waals surface area contributed by atoms with Gasteiger partial charge in [-0.15, -0.1) is 17.9 Å². The maximum Gasteiger partial charge on any atom is 0.328 e. The number of nitrogens with zero attached hydrogens (tertiary/aromatic N) is 1. The molecule has 0 aliphatic rings. The largest absolute Gasteiger partial charge is 0.480 e. The molecule has 1 amide bonds. The van der Waals surface area contributed by atoms with Crippen LogP contribution in [0, 0.1) is 0 Å². The topological polar surface area (TPSA) is 88.5 Å². The summed E-state index contributed by atoms with van der Waals surface area (Å²) in [5.74, 6) is -1.37. The Morgan fingerprint density at radius 3 is 2.80 bits per heavy atom. The molecule has 0 bridgehead atoms. The van der Waals surface area contributed by atoms with Crippen LogP contribution in [-0.4, -0.2) is 41.2 Å². The maximum absolute atomic E-state index is 11.9. The lowest BCUT2D eigenvalue weighted by Gasteiger charge is -2.13. The van der Waals surface area contributed by atoms with Crippen LogP contribution in [0.1, 0.15) is 34.4 Å². The average Bonchev–Trinajstić information content (AvgIpc) is 2.87. The van der Waals surface area contributed by atoms with Gasteiger partial charge in [0.05, 0.1) is 24.4 Å². The Balaban J connectivity index is 2.64. The van der Waals surface area contributed by atoms with Crippen molar-refractivity contribution in [2.24, 2.45) is 0 Å². The van der Waals surface area contributed by atoms with Crippen molar-refractivity contribution in [3.63, 3.8) is 0 Å². The van der Waals surface area contributed by atoms with Crippen LogP contribution in [0.2, 0.25) is 0 Å². The van der Waals surface area contributed by atoms with Gasteiger partial charge in [0.1, 0.15) is 4.88 Å². The molecule has 110 valence electrons. The van der Waals surface area contributed by atoms with E-state index in [4.69, 9.17) is 9.84 Å². The second kappa shape index (κ2) is 7.76. The van der Waals surface area contributed by atoms with Crippen molar-refractivity contribution in [2.75, 3.05) is 13.2 Å². The summed E-state index contributed by atoms with van der Waals surface area (Å²) < 4.78 is 5.06. The Bertz CT molecular complexity index is 484. The molecule has 0 aliphatic heterocycles. The van der Waals surface area contributed by atoms with Crippen molar-refractivity contribution in [3.8, 4) is 0 Å². The molecule has 0 saturated carbocycles. The number of thiazole rings is 1. The first-order valence-electron chi connectivity index (χ1n) is 6.13. The summed E-state index contributed by atoms with van der Waals surface area (Å²) in [4.78, 5) is 27.5. The lowest BCUT2D eigenvalue weighted by molar-refractivity contribution is -0.140. The molecule has 7 heteroatoms. The molecular weight excluding hydrogens is 280 g/mol. The lowest BCUT2D eigenvalue weighted by atomic mass is 10.2. The minimum Gasteiger partial charge on any atom is -0.480 e. The third-order valence-electron chi connectivity index (χ3n) is 2.36. The van der Waals surface area contributed by atoms with E-state index in [2.05, 4.69) is 16.9 Å². The second-order valence-corrected chi connectivity index (χ2v) is 5.47. The van der Waals surface area contributed by atoms with E-state index in [1.807, 2.05) is 13.8 Å². The summed E-state index contributed by atoms with van der Waals surface area (Å²) in [6.45, 7) is 7.54. The maximum atomic E-state index is 11.9. The molecule has 0 fully saturated rings. The van der Waals surface area contributed by atoms with Crippen LogP contribution in [0.15, 0.2) is 18.9 Å². The van der Waals surface area contributed by atoms with Gasteiger partial charge in [0.25, 0.3) is 5.91 Å². The van der Waals surface area contributed by atoms with Crippen LogP contribution in [0.5, 0.6) is 0 Å². The highest BCUT2D eigenvalue weighted by atomic mass is 32.1. The number of nitrogens with one attached hydrogen (secondary N) is 1. The Hall–Kier alpha value is -1.73. The third-order valence-corrected chi connectivity index (χ3v) is 3.66. The lowest BCUT2D eigenvalue weighted by Crippen LogP contribution is -2.43. The van der Waals surface area contributed by atoms with E-state index < -0.39 is 17.9 Å². The Kier molecular flexibility index (Phi) is 6.33. The Labute approximate surface area is 121 Å². The molecule has 1 aromatic heterocycles. The van der Waals surface area contributed by atoms with Gasteiger partial charge in [-0.3, -0.25) is 4.79 Å². The predicted molar refractivity (Wildman–Crippen MR) is 76.1 cm³/mol. The molecule has 1 heterocycles. The zero-order valence-electron chi connectivity index (χ0n) is 11.5. The van der Waals surface area contributed by atoms with Gasteiger partial charge in [-0.1, -0.05) is 19.9 Å². The zero-order chi connectivity index (χ0) is 15.1. The molecule has 0 saturated heterocycles. The fourth-order valence-corrected chi connectivity index (χ4v) is 2.16. The van der Waals surface area contributed by atoms with Crippen LogP contribution in [0.4, 0.5) is 0 Å². The molecule has 1 unspecified atom stereocenters. The number of carboxylic acids is 1. The van der Waals surface area contributed by atoms with E-state index >= 15 is 0 Å². The molecule has 2 N–H and O–H groups in total. The van der Waals surface area contributed by atoms with Crippen molar-refractivity contribution in [2.45, 2.75) is 25.8 Å². The first kappa shape index (κ1) is 16.3. The first-order valence-corrected chi connectivity index (χ1v) is 6.95. The number of carboxylic acid groups (broad SMARTS) is 1. The fraction of sp³-hybridized carbons (Fsp3) is 0.462. The van der Waals surface area contributed by atoms with Crippen molar-refractivity contribution < 1.29 is 19.4 Å². The smallest absolute Gasteiger partial charge is 0.328 e. The van der Waals surface area contributed by atoms with Crippen molar-refractivity contribution in [3.05, 3.63) is 28.7 Å². The molecule has 1 rings (SSSR count). The highest BCUT2D eigenvalue weighted by Crippen LogP contribution is 2.20. The first-order chi connectivity index (χ1) is 9.45. The minimum absolute atomic E-state index is 0.108. The number of carbonyl (C=O) groups excluding carboxylic acids is 1. The van der Waals surface area contributed by atoms with Crippen molar-refractivity contribution in [1.82, 2.24) is 10.3 Å². The van der Waals surface area contributed by atoms with Crippen molar-refractivity contribution >= 4 is 23.2 Å². The predicted octanol–water partition coefficient (Wildman–Crippen LogP) is 1.65. The number of hydrogen-bond donors (Lipinski definition) is 2. The van der Waals surface area contributed by atoms with E-state index in [0.717, 1.165) is 5.01 Å². The summed E-state index contributed by atoms with van der Waals surface area (Å²) in [5, 5.41) is 12.3. The molecule has 20 heavy (non-hydrogen) atoms. The number of aromatic nitrogens is 1. The highest BCUT2D eigenvalue weighted by molar-refractivity contribution is 7.13. The van der Waals surface area contributed by atoms with Crippen LogP contribution >= 0.6 is 11.3 Å². The van der Waals surface area contributed by atoms with Crippen LogP contribution in [-0.2, 0) is 9.53 Å². The average molecular weight is 298 g/mol. The Morgan fingerprint density at radius 2 is 2.30 bits per heavy atom. The molecule has 6 nitrogen and oxygen atoms in total. The van der Waals surface area contributed by atoms with Crippen LogP contribution in [0.3, 0.4) is 0 Å². The zero-order valence-corrected chi connectivity index (χ0v) is 12.3. The minimum atomic E-state index is -1.14. The monoisotopic (exact) mass is 298 g/mol. The number of rotatable bonds is 8. The summed E-state index contributed by atoms with van der Waals surface area (Å²) in [6, 6.07) is -1.09. The summed E-state index contributed by atoms with van der Waals surface area (Å²) >= 11 is 1.26. The quantitative estimate of drug-likeness (QED) is 0.563. The standard InChI is InChI=1S/C13H18N2O4S/c1-4-5-19-7-9(13(17)18)15-11(16)10-6-14-12(20-10)8(2)3/h4,6,8-9H,1,5,7H2,2-3H3,(H,15,16)(H,17,18). The van der Waals surface area contributed by atoms with E-state index in [1.165, 1.54) is 23.6 Å². The van der Waals surface area contributed by atoms with Crippen molar-refractivity contribution in [1.29, 1.82) is 0 Å². The highest BCUT2D eigenvalue weighted by Gasteiger charge is 2.22. The Morgan fingerprint density at radius 1 is 1.60 bits per heavy atom. The van der Waals surface area contributed by atoms with E-state index in [0.29, 0.717) is 4.88 Å². The molecule has 0 spiro atoms. The molecular formula is C13H18N2O4S. The van der Waals surface area contributed by atoms with E-state index in [1.54, 1.807) is 0 Å². The number of aliphatic carboxylic acids is 1. The van der Waals surface area contributed by atoms with Gasteiger partial charge in [-0.05, 0) is 0 Å². The van der Waals surface area contributed by atoms with Gasteiger partial charge >= 0.3 is 5.97 Å². The van der Waals surface area contributed by atoms with Gasteiger partial charge in [0.15, 0.2) is 6.04 Å². The number of amides is 1. The fourth-order valence-electron chi connectivity index (χ4n) is 1.33. The molecule has 0 radical (unpaired) electrons. The van der Waals surface area contributed by atoms with Crippen LogP contribution in [0.25, 0.3) is 0 Å². The number of hydrogen-bond acceptors (Lipinski definition) is 5. The molecule has 1 atom stereocenters. The van der Waals surface area contributed by atoms with Gasteiger partial charge in [-0.2, -0.15) is 0 Å². The van der Waals surface area contributed by atoms with Gasteiger partial charge in [0, 0.05) is 5.92 Å². The summed E-state index contributed by atoms with van der Waals surface area (Å²) in [7, 11) is 0.